The second kappa shape index (κ2) is 11.6. The Bertz CT molecular complexity index is 1030. The van der Waals surface area contributed by atoms with E-state index in [-0.39, 0.29) is 6.61 Å². The minimum absolute atomic E-state index is 0.211. The van der Waals surface area contributed by atoms with Crippen molar-refractivity contribution < 1.29 is 14.2 Å². The van der Waals surface area contributed by atoms with E-state index >= 15 is 0 Å². The van der Waals surface area contributed by atoms with Gasteiger partial charge in [0.15, 0.2) is 11.5 Å². The van der Waals surface area contributed by atoms with E-state index in [0.29, 0.717) is 18.0 Å². The Kier molecular flexibility index (Phi) is 8.33. The first-order valence-electron chi connectivity index (χ1n) is 9.99. The van der Waals surface area contributed by atoms with E-state index in [1.54, 1.807) is 7.11 Å². The summed E-state index contributed by atoms with van der Waals surface area (Å²) in [6, 6.07) is 23.6. The zero-order valence-electron chi connectivity index (χ0n) is 17.5. The van der Waals surface area contributed by atoms with Crippen molar-refractivity contribution in [1.82, 2.24) is 5.32 Å². The predicted molar refractivity (Wildman–Crippen MR) is 128 cm³/mol. The molecule has 0 saturated heterocycles. The van der Waals surface area contributed by atoms with E-state index in [1.807, 2.05) is 72.8 Å². The van der Waals surface area contributed by atoms with Crippen LogP contribution in [-0.2, 0) is 13.0 Å². The van der Waals surface area contributed by atoms with Crippen LogP contribution < -0.4 is 19.5 Å². The maximum Gasteiger partial charge on any atom is 0.162 e. The molecule has 158 valence electrons. The third-order valence-electron chi connectivity index (χ3n) is 4.57. The van der Waals surface area contributed by atoms with Crippen LogP contribution in [0, 0.1) is 12.3 Å². The van der Waals surface area contributed by atoms with Crippen molar-refractivity contribution in [1.29, 1.82) is 0 Å². The van der Waals surface area contributed by atoms with Gasteiger partial charge in [-0.3, -0.25) is 0 Å². The van der Waals surface area contributed by atoms with Gasteiger partial charge in [-0.2, -0.15) is 0 Å². The molecule has 0 spiro atoms. The van der Waals surface area contributed by atoms with Gasteiger partial charge in [0.25, 0.3) is 0 Å². The molecule has 0 heterocycles. The number of aryl methyl sites for hydroxylation is 1. The molecule has 0 amide bonds. The van der Waals surface area contributed by atoms with E-state index in [2.05, 4.69) is 11.2 Å². The predicted octanol–water partition coefficient (Wildman–Crippen LogP) is 5.55. The molecule has 3 aromatic carbocycles. The number of hydrogen-bond acceptors (Lipinski definition) is 4. The van der Waals surface area contributed by atoms with E-state index in [0.717, 1.165) is 40.5 Å². The summed E-state index contributed by atoms with van der Waals surface area (Å²) in [5, 5.41) is 3.32. The van der Waals surface area contributed by atoms with Gasteiger partial charge in [0, 0.05) is 13.0 Å². The van der Waals surface area contributed by atoms with Crippen molar-refractivity contribution in [3.8, 4) is 35.3 Å². The highest BCUT2D eigenvalue weighted by Gasteiger charge is 2.07. The maximum absolute atomic E-state index is 5.82. The van der Waals surface area contributed by atoms with Crippen LogP contribution in [-0.4, -0.2) is 18.7 Å². The van der Waals surface area contributed by atoms with Crippen LogP contribution in [0.3, 0.4) is 0 Å². The molecule has 0 unspecified atom stereocenters. The molecule has 0 fully saturated rings. The summed E-state index contributed by atoms with van der Waals surface area (Å²) in [4.78, 5) is 0.816. The largest absolute Gasteiger partial charge is 0.493 e. The quantitative estimate of drug-likeness (QED) is 0.337. The average molecular weight is 432 g/mol. The molecule has 0 atom stereocenters. The van der Waals surface area contributed by atoms with Gasteiger partial charge in [-0.05, 0) is 53.9 Å². The lowest BCUT2D eigenvalue weighted by Crippen LogP contribution is -2.21. The van der Waals surface area contributed by atoms with Crippen molar-refractivity contribution in [3.63, 3.8) is 0 Å². The first kappa shape index (κ1) is 22.2. The van der Waals surface area contributed by atoms with Gasteiger partial charge in [-0.25, -0.2) is 0 Å². The molecule has 0 saturated carbocycles. The third-order valence-corrected chi connectivity index (χ3v) is 4.92. The fourth-order valence-corrected chi connectivity index (χ4v) is 3.13. The number of hydrogen-bond donors (Lipinski definition) is 1. The highest BCUT2D eigenvalue weighted by atomic mass is 32.1. The van der Waals surface area contributed by atoms with Crippen LogP contribution in [0.1, 0.15) is 17.5 Å². The number of nitrogens with one attached hydrogen (secondary N) is 1. The summed E-state index contributed by atoms with van der Waals surface area (Å²) in [5.74, 6) is 5.40. The summed E-state index contributed by atoms with van der Waals surface area (Å²) in [6.45, 7) is 0.885. The van der Waals surface area contributed by atoms with Gasteiger partial charge < -0.3 is 19.5 Å². The van der Waals surface area contributed by atoms with Gasteiger partial charge >= 0.3 is 0 Å². The minimum atomic E-state index is 0.211. The molecular weight excluding hydrogens is 406 g/mol. The molecule has 31 heavy (non-hydrogen) atoms. The van der Waals surface area contributed by atoms with Crippen molar-refractivity contribution in [3.05, 3.63) is 83.9 Å². The van der Waals surface area contributed by atoms with E-state index in [9.17, 15) is 0 Å². The van der Waals surface area contributed by atoms with Crippen molar-refractivity contribution >= 4 is 17.2 Å². The number of terminal acetylenes is 1. The summed E-state index contributed by atoms with van der Waals surface area (Å²) >= 11 is 5.50. The Morgan fingerprint density at radius 1 is 0.935 bits per heavy atom. The molecule has 4 nitrogen and oxygen atoms in total. The van der Waals surface area contributed by atoms with Crippen molar-refractivity contribution in [2.24, 2.45) is 0 Å². The molecular formula is C26H25NO3S. The normalized spacial score (nSPS) is 10.1. The number of rotatable bonds is 10. The van der Waals surface area contributed by atoms with Crippen LogP contribution in [0.5, 0.6) is 23.0 Å². The lowest BCUT2D eigenvalue weighted by atomic mass is 10.1. The standard InChI is InChI=1S/C26H25NO3S/c1-3-17-29-24-15-11-20(18-25(24)28-2)12-16-26(31)27-19-21-9-13-23(14-10-21)30-22-7-5-4-6-8-22/h1,4-11,13-15,18H,12,16-17,19H2,2H3,(H,27,31). The third kappa shape index (κ3) is 7.06. The van der Waals surface area contributed by atoms with Gasteiger partial charge in [0.05, 0.1) is 12.1 Å². The smallest absolute Gasteiger partial charge is 0.162 e. The number of thiocarbonyl (C=S) groups is 1. The zero-order chi connectivity index (χ0) is 21.9. The topological polar surface area (TPSA) is 39.7 Å². The SMILES string of the molecule is C#CCOc1ccc(CCC(=S)NCc2ccc(Oc3ccccc3)cc2)cc1OC. The highest BCUT2D eigenvalue weighted by molar-refractivity contribution is 7.80. The zero-order valence-corrected chi connectivity index (χ0v) is 18.3. The Morgan fingerprint density at radius 2 is 1.65 bits per heavy atom. The first-order valence-corrected chi connectivity index (χ1v) is 10.4. The molecule has 0 bridgehead atoms. The van der Waals surface area contributed by atoms with Gasteiger partial charge in [0.2, 0.25) is 0 Å². The van der Waals surface area contributed by atoms with Gasteiger partial charge in [-0.1, -0.05) is 54.5 Å². The molecule has 1 N–H and O–H groups in total. The molecule has 0 radical (unpaired) electrons. The van der Waals surface area contributed by atoms with Gasteiger partial charge in [-0.15, -0.1) is 6.42 Å². The molecule has 3 rings (SSSR count). The minimum Gasteiger partial charge on any atom is -0.493 e. The second-order valence-corrected chi connectivity index (χ2v) is 7.31. The summed E-state index contributed by atoms with van der Waals surface area (Å²) in [5.41, 5.74) is 2.26. The lowest BCUT2D eigenvalue weighted by molar-refractivity contribution is 0.330. The number of ether oxygens (including phenoxy) is 3. The Hall–Kier alpha value is -3.49. The fraction of sp³-hybridized carbons (Fsp3) is 0.192. The monoisotopic (exact) mass is 431 g/mol. The lowest BCUT2D eigenvalue weighted by Gasteiger charge is -2.12. The second-order valence-electron chi connectivity index (χ2n) is 6.81. The maximum atomic E-state index is 5.82. The molecule has 0 aliphatic rings. The summed E-state index contributed by atoms with van der Waals surface area (Å²) in [7, 11) is 1.62. The van der Waals surface area contributed by atoms with E-state index in [4.69, 9.17) is 32.9 Å². The summed E-state index contributed by atoms with van der Waals surface area (Å²) in [6.07, 6.45) is 6.80. The molecule has 0 aliphatic carbocycles. The molecule has 3 aromatic rings. The Balaban J connectivity index is 1.45. The van der Waals surface area contributed by atoms with Gasteiger partial charge in [0.1, 0.15) is 18.1 Å². The molecule has 5 heteroatoms. The van der Waals surface area contributed by atoms with Crippen LogP contribution in [0.4, 0.5) is 0 Å². The van der Waals surface area contributed by atoms with E-state index < -0.39 is 0 Å². The first-order chi connectivity index (χ1) is 15.2. The Labute approximate surface area is 189 Å². The van der Waals surface area contributed by atoms with Crippen LogP contribution in [0.25, 0.3) is 0 Å². The van der Waals surface area contributed by atoms with Crippen LogP contribution in [0.2, 0.25) is 0 Å². The summed E-state index contributed by atoms with van der Waals surface area (Å²) < 4.78 is 16.7. The highest BCUT2D eigenvalue weighted by Crippen LogP contribution is 2.28. The number of methoxy groups -OCH3 is 1. The number of benzene rings is 3. The molecule has 0 aliphatic heterocycles. The average Bonchev–Trinajstić information content (AvgIpc) is 2.81. The van der Waals surface area contributed by atoms with E-state index in [1.165, 1.54) is 0 Å². The Morgan fingerprint density at radius 3 is 2.35 bits per heavy atom. The van der Waals surface area contributed by atoms with Crippen LogP contribution >= 0.6 is 12.2 Å². The van der Waals surface area contributed by atoms with Crippen molar-refractivity contribution in [2.75, 3.05) is 13.7 Å². The number of para-hydroxylation sites is 1. The fourth-order valence-electron chi connectivity index (χ4n) is 2.95. The van der Waals surface area contributed by atoms with Crippen LogP contribution in [0.15, 0.2) is 72.8 Å². The van der Waals surface area contributed by atoms with Crippen molar-refractivity contribution in [2.45, 2.75) is 19.4 Å². The molecule has 0 aromatic heterocycles.